The molecule has 0 unspecified atom stereocenters. The van der Waals surface area contributed by atoms with Crippen LogP contribution in [-0.4, -0.2) is 0 Å². The average molecular weight is 317 g/mol. The van der Waals surface area contributed by atoms with Crippen LogP contribution in [0.3, 0.4) is 0 Å². The van der Waals surface area contributed by atoms with Crippen molar-refractivity contribution >= 4 is 46.4 Å². The first-order chi connectivity index (χ1) is 8.51. The first-order valence-corrected chi connectivity index (χ1v) is 6.83. The number of alkyl halides is 2. The van der Waals surface area contributed by atoms with Gasteiger partial charge in [-0.05, 0) is 28.8 Å². The zero-order valence-corrected chi connectivity index (χ0v) is 12.1. The van der Waals surface area contributed by atoms with Crippen LogP contribution in [0.5, 0.6) is 0 Å². The summed E-state index contributed by atoms with van der Waals surface area (Å²) < 4.78 is -1.18. The fourth-order valence-electron chi connectivity index (χ4n) is 2.24. The van der Waals surface area contributed by atoms with E-state index in [2.05, 4.69) is 0 Å². The van der Waals surface area contributed by atoms with E-state index < -0.39 is 4.33 Å². The Bertz CT molecular complexity index is 632. The van der Waals surface area contributed by atoms with Crippen molar-refractivity contribution in [3.05, 3.63) is 75.1 Å². The predicted octanol–water partition coefficient (Wildman–Crippen LogP) is 5.59. The van der Waals surface area contributed by atoms with Gasteiger partial charge >= 0.3 is 0 Å². The monoisotopic (exact) mass is 315 g/mol. The Morgan fingerprint density at radius 2 is 1.50 bits per heavy atom. The van der Waals surface area contributed by atoms with Crippen LogP contribution in [0, 0.1) is 6.42 Å². The summed E-state index contributed by atoms with van der Waals surface area (Å²) in [5.41, 5.74) is 3.22. The van der Waals surface area contributed by atoms with Gasteiger partial charge in [0.15, 0.2) is 4.33 Å². The van der Waals surface area contributed by atoms with Gasteiger partial charge in [-0.3, -0.25) is 0 Å². The van der Waals surface area contributed by atoms with Crippen molar-refractivity contribution in [2.45, 2.75) is 4.33 Å². The highest BCUT2D eigenvalue weighted by molar-refractivity contribution is 6.51. The Kier molecular flexibility index (Phi) is 3.03. The molecule has 0 spiro atoms. The fraction of sp³-hybridized carbons (Fsp3) is 0.0714. The van der Waals surface area contributed by atoms with E-state index in [1.54, 1.807) is 6.07 Å². The summed E-state index contributed by atoms with van der Waals surface area (Å²) in [6.45, 7) is 0. The van der Waals surface area contributed by atoms with Crippen LogP contribution < -0.4 is 0 Å². The molecule has 91 valence electrons. The molecule has 3 rings (SSSR count). The van der Waals surface area contributed by atoms with Crippen molar-refractivity contribution < 1.29 is 0 Å². The lowest BCUT2D eigenvalue weighted by Crippen LogP contribution is -2.22. The van der Waals surface area contributed by atoms with Crippen LogP contribution in [0.1, 0.15) is 22.3 Å². The third-order valence-corrected chi connectivity index (χ3v) is 4.48. The highest BCUT2D eigenvalue weighted by Crippen LogP contribution is 2.52. The lowest BCUT2D eigenvalue weighted by molar-refractivity contribution is 0.978. The number of fused-ring (bicyclic) bond motifs is 2. The summed E-state index contributed by atoms with van der Waals surface area (Å²) in [6.07, 6.45) is 1.96. The van der Waals surface area contributed by atoms with Crippen LogP contribution in [0.15, 0.2) is 36.4 Å². The van der Waals surface area contributed by atoms with Gasteiger partial charge in [0.1, 0.15) is 0 Å². The van der Waals surface area contributed by atoms with Crippen molar-refractivity contribution in [1.82, 2.24) is 0 Å². The van der Waals surface area contributed by atoms with Crippen LogP contribution in [0.25, 0.3) is 0 Å². The highest BCUT2D eigenvalue weighted by atomic mass is 35.5. The van der Waals surface area contributed by atoms with Gasteiger partial charge in [-0.2, -0.15) is 0 Å². The molecule has 1 radical (unpaired) electrons. The lowest BCUT2D eigenvalue weighted by atomic mass is 9.85. The SMILES string of the molecule is Clc1cccc2c1[CH]c1cccc(Cl)c1C2(Cl)Cl. The topological polar surface area (TPSA) is 0 Å². The molecule has 0 atom stereocenters. The Morgan fingerprint density at radius 3 is 2.28 bits per heavy atom. The minimum atomic E-state index is -1.18. The van der Waals surface area contributed by atoms with E-state index in [-0.39, 0.29) is 0 Å². The first kappa shape index (κ1) is 12.6. The van der Waals surface area contributed by atoms with E-state index >= 15 is 0 Å². The molecule has 0 fully saturated rings. The average Bonchev–Trinajstić information content (AvgIpc) is 2.30. The van der Waals surface area contributed by atoms with Gasteiger partial charge < -0.3 is 0 Å². The van der Waals surface area contributed by atoms with Crippen LogP contribution in [0.2, 0.25) is 10.0 Å². The first-order valence-electron chi connectivity index (χ1n) is 5.32. The van der Waals surface area contributed by atoms with Gasteiger partial charge in [0.05, 0.1) is 0 Å². The lowest BCUT2D eigenvalue weighted by Gasteiger charge is -2.32. The van der Waals surface area contributed by atoms with Crippen molar-refractivity contribution in [3.8, 4) is 0 Å². The van der Waals surface area contributed by atoms with Crippen molar-refractivity contribution in [3.63, 3.8) is 0 Å². The van der Waals surface area contributed by atoms with E-state index in [1.165, 1.54) is 0 Å². The minimum absolute atomic E-state index is 0.555. The Labute approximate surface area is 125 Å². The van der Waals surface area contributed by atoms with Crippen molar-refractivity contribution in [1.29, 1.82) is 0 Å². The summed E-state index contributed by atoms with van der Waals surface area (Å²) >= 11 is 25.4. The molecule has 0 saturated heterocycles. The number of halogens is 4. The number of hydrogen-bond acceptors (Lipinski definition) is 0. The summed E-state index contributed by atoms with van der Waals surface area (Å²) in [6, 6.07) is 11.1. The predicted molar refractivity (Wildman–Crippen MR) is 77.9 cm³/mol. The molecule has 4 heteroatoms. The summed E-state index contributed by atoms with van der Waals surface area (Å²) in [7, 11) is 0. The van der Waals surface area contributed by atoms with Gasteiger partial charge in [0, 0.05) is 22.0 Å². The van der Waals surface area contributed by atoms with E-state index in [1.807, 2.05) is 36.8 Å². The largest absolute Gasteiger partial charge is 0.170 e. The zero-order valence-electron chi connectivity index (χ0n) is 9.05. The Morgan fingerprint density at radius 1 is 0.833 bits per heavy atom. The van der Waals surface area contributed by atoms with Gasteiger partial charge in [-0.1, -0.05) is 70.7 Å². The van der Waals surface area contributed by atoms with Gasteiger partial charge in [0.25, 0.3) is 0 Å². The highest BCUT2D eigenvalue weighted by Gasteiger charge is 2.39. The third-order valence-electron chi connectivity index (χ3n) is 3.05. The van der Waals surface area contributed by atoms with Crippen molar-refractivity contribution in [2.24, 2.45) is 0 Å². The molecule has 0 nitrogen and oxygen atoms in total. The molecule has 0 amide bonds. The maximum absolute atomic E-state index is 6.51. The van der Waals surface area contributed by atoms with Gasteiger partial charge in [0.2, 0.25) is 0 Å². The standard InChI is InChI=1S/C14H7Cl4/c15-11-5-2-4-10-9(11)7-8-3-1-6-12(16)13(8)14(10,17)18/h1-7H. The molecule has 2 aromatic carbocycles. The summed E-state index contributed by atoms with van der Waals surface area (Å²) in [5.74, 6) is 0. The Balaban J connectivity index is 2.34. The maximum Gasteiger partial charge on any atom is 0.170 e. The number of rotatable bonds is 0. The van der Waals surface area contributed by atoms with Gasteiger partial charge in [-0.25, -0.2) is 0 Å². The van der Waals surface area contributed by atoms with Crippen LogP contribution in [-0.2, 0) is 4.33 Å². The summed E-state index contributed by atoms with van der Waals surface area (Å²) in [5, 5.41) is 1.18. The van der Waals surface area contributed by atoms with Crippen LogP contribution >= 0.6 is 46.4 Å². The quantitative estimate of drug-likeness (QED) is 0.556. The normalized spacial score (nSPS) is 16.0. The molecule has 18 heavy (non-hydrogen) atoms. The van der Waals surface area contributed by atoms with E-state index in [4.69, 9.17) is 46.4 Å². The molecule has 1 aliphatic rings. The summed E-state index contributed by atoms with van der Waals surface area (Å²) in [4.78, 5) is 0. The molecule has 0 aromatic heterocycles. The molecular weight excluding hydrogens is 310 g/mol. The smallest absolute Gasteiger partial charge is 0.0908 e. The minimum Gasteiger partial charge on any atom is -0.0908 e. The number of hydrogen-bond donors (Lipinski definition) is 0. The van der Waals surface area contributed by atoms with Crippen molar-refractivity contribution in [2.75, 3.05) is 0 Å². The fourth-order valence-corrected chi connectivity index (χ4v) is 3.64. The van der Waals surface area contributed by atoms with E-state index in [0.29, 0.717) is 15.6 Å². The molecule has 2 aromatic rings. The second kappa shape index (κ2) is 4.31. The molecular formula is C14H7Cl4. The van der Waals surface area contributed by atoms with E-state index in [0.717, 1.165) is 16.7 Å². The molecule has 0 heterocycles. The Hall–Kier alpha value is -0.400. The van der Waals surface area contributed by atoms with Gasteiger partial charge in [-0.15, -0.1) is 0 Å². The molecule has 1 aliphatic carbocycles. The maximum atomic E-state index is 6.51. The number of benzene rings is 2. The second-order valence-electron chi connectivity index (χ2n) is 4.12. The van der Waals surface area contributed by atoms with Crippen LogP contribution in [0.4, 0.5) is 0 Å². The molecule has 0 bridgehead atoms. The zero-order chi connectivity index (χ0) is 12.9. The molecule has 0 aliphatic heterocycles. The van der Waals surface area contributed by atoms with E-state index in [9.17, 15) is 0 Å². The molecule has 0 N–H and O–H groups in total. The second-order valence-corrected chi connectivity index (χ2v) is 6.27. The third kappa shape index (κ3) is 1.75. The molecule has 0 saturated carbocycles.